The maximum atomic E-state index is 13.7. The molecule has 0 spiro atoms. The van der Waals surface area contributed by atoms with Crippen LogP contribution in [-0.2, 0) is 23.0 Å². The number of fused-ring (bicyclic) bond motifs is 4. The summed E-state index contributed by atoms with van der Waals surface area (Å²) in [7, 11) is -3.63. The molecule has 1 N–H and O–H groups in total. The van der Waals surface area contributed by atoms with Gasteiger partial charge in [0.1, 0.15) is 5.82 Å². The minimum Gasteiger partial charge on any atom is -0.358 e. The van der Waals surface area contributed by atoms with Gasteiger partial charge in [0.05, 0.1) is 4.90 Å². The first kappa shape index (κ1) is 16.5. The highest BCUT2D eigenvalue weighted by Gasteiger charge is 2.30. The van der Waals surface area contributed by atoms with E-state index < -0.39 is 10.0 Å². The van der Waals surface area contributed by atoms with Gasteiger partial charge in [0.25, 0.3) is 0 Å². The number of hydrogen-bond donors (Lipinski definition) is 1. The van der Waals surface area contributed by atoms with E-state index in [-0.39, 0.29) is 17.3 Å². The summed E-state index contributed by atoms with van der Waals surface area (Å²) in [5.74, 6) is -0.321. The predicted molar refractivity (Wildman–Crippen MR) is 104 cm³/mol. The van der Waals surface area contributed by atoms with Gasteiger partial charge in [-0.2, -0.15) is 4.31 Å². The van der Waals surface area contributed by atoms with Gasteiger partial charge in [-0.05, 0) is 46.7 Å². The van der Waals surface area contributed by atoms with Crippen molar-refractivity contribution in [1.29, 1.82) is 0 Å². The minimum absolute atomic E-state index is 0.244. The second-order valence-corrected chi connectivity index (χ2v) is 8.81. The number of sulfonamides is 1. The molecule has 1 aliphatic heterocycles. The molecule has 1 aromatic heterocycles. The molecule has 3 aromatic carbocycles. The maximum absolute atomic E-state index is 13.7. The Hall–Kier alpha value is -2.70. The van der Waals surface area contributed by atoms with Gasteiger partial charge in [0.2, 0.25) is 10.0 Å². The molecule has 6 heteroatoms. The topological polar surface area (TPSA) is 53.2 Å². The molecule has 5 rings (SSSR count). The second kappa shape index (κ2) is 5.90. The number of halogens is 1. The van der Waals surface area contributed by atoms with E-state index in [1.807, 2.05) is 30.3 Å². The Morgan fingerprint density at radius 1 is 0.963 bits per heavy atom. The Morgan fingerprint density at radius 2 is 1.78 bits per heavy atom. The summed E-state index contributed by atoms with van der Waals surface area (Å²) >= 11 is 0. The first-order valence-corrected chi connectivity index (χ1v) is 10.2. The molecule has 0 radical (unpaired) electrons. The van der Waals surface area contributed by atoms with Crippen LogP contribution in [0.15, 0.2) is 65.6 Å². The van der Waals surface area contributed by atoms with Crippen LogP contribution in [0, 0.1) is 5.82 Å². The van der Waals surface area contributed by atoms with E-state index >= 15 is 0 Å². The van der Waals surface area contributed by atoms with Crippen molar-refractivity contribution in [2.24, 2.45) is 0 Å². The van der Waals surface area contributed by atoms with Crippen molar-refractivity contribution in [3.05, 3.63) is 77.7 Å². The van der Waals surface area contributed by atoms with Gasteiger partial charge in [0.15, 0.2) is 0 Å². The molecule has 0 aliphatic carbocycles. The van der Waals surface area contributed by atoms with Crippen molar-refractivity contribution in [1.82, 2.24) is 9.29 Å². The average molecular weight is 380 g/mol. The van der Waals surface area contributed by atoms with Crippen LogP contribution in [0.3, 0.4) is 0 Å². The molecule has 0 unspecified atom stereocenters. The highest BCUT2D eigenvalue weighted by molar-refractivity contribution is 7.89. The highest BCUT2D eigenvalue weighted by atomic mass is 32.2. The third-order valence-electron chi connectivity index (χ3n) is 5.26. The Kier molecular flexibility index (Phi) is 3.60. The smallest absolute Gasteiger partial charge is 0.243 e. The van der Waals surface area contributed by atoms with Crippen molar-refractivity contribution in [2.45, 2.75) is 17.9 Å². The minimum atomic E-state index is -3.63. The quantitative estimate of drug-likeness (QED) is 0.566. The standard InChI is InChI=1S/C21H17FN2O2S/c22-16-6-8-20-18(12-16)19-13-24(10-9-21(19)23-20)27(25,26)17-7-5-14-3-1-2-4-15(14)11-17/h1-8,11-12,23H,9-10,13H2. The SMILES string of the molecule is O=S(=O)(c1ccc2ccccc2c1)N1CCc2[nH]c3ccc(F)cc3c2C1. The molecule has 136 valence electrons. The molecule has 0 saturated heterocycles. The third-order valence-corrected chi connectivity index (χ3v) is 7.10. The number of H-pyrrole nitrogens is 1. The Bertz CT molecular complexity index is 1290. The summed E-state index contributed by atoms with van der Waals surface area (Å²) < 4.78 is 41.6. The summed E-state index contributed by atoms with van der Waals surface area (Å²) in [6.07, 6.45) is 0.582. The lowest BCUT2D eigenvalue weighted by Gasteiger charge is -2.26. The molecule has 4 aromatic rings. The van der Waals surface area contributed by atoms with Crippen molar-refractivity contribution >= 4 is 31.7 Å². The lowest BCUT2D eigenvalue weighted by Crippen LogP contribution is -2.35. The number of benzene rings is 3. The van der Waals surface area contributed by atoms with Gasteiger partial charge in [-0.1, -0.05) is 30.3 Å². The van der Waals surface area contributed by atoms with Crippen LogP contribution >= 0.6 is 0 Å². The molecule has 4 nitrogen and oxygen atoms in total. The zero-order chi connectivity index (χ0) is 18.6. The van der Waals surface area contributed by atoms with E-state index in [0.717, 1.165) is 32.9 Å². The van der Waals surface area contributed by atoms with E-state index in [2.05, 4.69) is 4.98 Å². The molecule has 0 fully saturated rings. The van der Waals surface area contributed by atoms with Crippen LogP contribution < -0.4 is 0 Å². The van der Waals surface area contributed by atoms with E-state index in [0.29, 0.717) is 13.0 Å². The molecular weight excluding hydrogens is 363 g/mol. The molecular formula is C21H17FN2O2S. The largest absolute Gasteiger partial charge is 0.358 e. The van der Waals surface area contributed by atoms with E-state index in [9.17, 15) is 12.8 Å². The lowest BCUT2D eigenvalue weighted by atomic mass is 10.1. The summed E-state index contributed by atoms with van der Waals surface area (Å²) in [6, 6.07) is 17.5. The second-order valence-electron chi connectivity index (χ2n) is 6.87. The third kappa shape index (κ3) is 2.64. The Labute approximate surface area is 156 Å². The number of nitrogens with one attached hydrogen (secondary N) is 1. The monoisotopic (exact) mass is 380 g/mol. The number of hydrogen-bond acceptors (Lipinski definition) is 2. The fourth-order valence-electron chi connectivity index (χ4n) is 3.84. The predicted octanol–water partition coefficient (Wildman–Crippen LogP) is 4.21. The summed E-state index contributed by atoms with van der Waals surface area (Å²) in [6.45, 7) is 0.644. The molecule has 2 heterocycles. The van der Waals surface area contributed by atoms with Crippen LogP contribution in [0.4, 0.5) is 4.39 Å². The van der Waals surface area contributed by atoms with Gasteiger partial charge < -0.3 is 4.98 Å². The summed E-state index contributed by atoms with van der Waals surface area (Å²) in [4.78, 5) is 3.58. The fourth-order valence-corrected chi connectivity index (χ4v) is 5.29. The number of aromatic amines is 1. The van der Waals surface area contributed by atoms with Crippen molar-refractivity contribution in [3.8, 4) is 0 Å². The van der Waals surface area contributed by atoms with E-state index in [4.69, 9.17) is 0 Å². The Morgan fingerprint density at radius 3 is 2.63 bits per heavy atom. The normalized spacial score (nSPS) is 15.3. The maximum Gasteiger partial charge on any atom is 0.243 e. The van der Waals surface area contributed by atoms with Gasteiger partial charge in [-0.15, -0.1) is 0 Å². The van der Waals surface area contributed by atoms with Crippen LogP contribution in [0.1, 0.15) is 11.3 Å². The van der Waals surface area contributed by atoms with Crippen LogP contribution in [0.25, 0.3) is 21.7 Å². The summed E-state index contributed by atoms with van der Waals surface area (Å²) in [5, 5.41) is 2.65. The van der Waals surface area contributed by atoms with Gasteiger partial charge in [-0.3, -0.25) is 0 Å². The molecule has 0 bridgehead atoms. The zero-order valence-corrected chi connectivity index (χ0v) is 15.3. The Balaban J connectivity index is 1.56. The van der Waals surface area contributed by atoms with Crippen molar-refractivity contribution in [3.63, 3.8) is 0 Å². The molecule has 0 saturated carbocycles. The van der Waals surface area contributed by atoms with Gasteiger partial charge in [-0.25, -0.2) is 12.8 Å². The van der Waals surface area contributed by atoms with E-state index in [1.54, 1.807) is 18.2 Å². The summed E-state index contributed by atoms with van der Waals surface area (Å²) in [5.41, 5.74) is 2.69. The van der Waals surface area contributed by atoms with Crippen molar-refractivity contribution in [2.75, 3.05) is 6.54 Å². The van der Waals surface area contributed by atoms with Gasteiger partial charge >= 0.3 is 0 Å². The first-order chi connectivity index (χ1) is 13.0. The first-order valence-electron chi connectivity index (χ1n) is 8.80. The molecule has 0 atom stereocenters. The number of rotatable bonds is 2. The number of aromatic nitrogens is 1. The fraction of sp³-hybridized carbons (Fsp3) is 0.143. The van der Waals surface area contributed by atoms with Crippen LogP contribution in [0.5, 0.6) is 0 Å². The molecule has 1 aliphatic rings. The van der Waals surface area contributed by atoms with Crippen LogP contribution in [-0.4, -0.2) is 24.3 Å². The zero-order valence-electron chi connectivity index (χ0n) is 14.4. The van der Waals surface area contributed by atoms with Gasteiger partial charge in [0, 0.05) is 36.1 Å². The van der Waals surface area contributed by atoms with E-state index in [1.165, 1.54) is 16.4 Å². The lowest BCUT2D eigenvalue weighted by molar-refractivity contribution is 0.391. The number of nitrogens with zero attached hydrogens (tertiary/aromatic N) is 1. The molecule has 0 amide bonds. The van der Waals surface area contributed by atoms with Crippen LogP contribution in [0.2, 0.25) is 0 Å². The highest BCUT2D eigenvalue weighted by Crippen LogP contribution is 2.31. The average Bonchev–Trinajstić information content (AvgIpc) is 3.04. The molecule has 27 heavy (non-hydrogen) atoms. The van der Waals surface area contributed by atoms with Crippen molar-refractivity contribution < 1.29 is 12.8 Å².